The monoisotopic (exact) mass is 528 g/mol. The summed E-state index contributed by atoms with van der Waals surface area (Å²) in [6.07, 6.45) is 0. The Hall–Kier alpha value is -5.46. The Labute approximate surface area is 242 Å². The summed E-state index contributed by atoms with van der Waals surface area (Å²) in [7, 11) is 0. The van der Waals surface area contributed by atoms with E-state index in [1.165, 1.54) is 97.3 Å². The van der Waals surface area contributed by atoms with Crippen LogP contribution in [0.15, 0.2) is 146 Å². The highest BCUT2D eigenvalue weighted by molar-refractivity contribution is 6.44. The molecular formula is C42H24. The Balaban J connectivity index is 1.58. The van der Waals surface area contributed by atoms with Gasteiger partial charge in [-0.1, -0.05) is 133 Å². The van der Waals surface area contributed by atoms with Crippen LogP contribution >= 0.6 is 0 Å². The van der Waals surface area contributed by atoms with Gasteiger partial charge >= 0.3 is 0 Å². The minimum absolute atomic E-state index is 1.27. The molecule has 0 fully saturated rings. The summed E-state index contributed by atoms with van der Waals surface area (Å²) < 4.78 is 0. The van der Waals surface area contributed by atoms with E-state index < -0.39 is 0 Å². The van der Waals surface area contributed by atoms with Gasteiger partial charge in [0.1, 0.15) is 0 Å². The molecule has 0 bridgehead atoms. The summed E-state index contributed by atoms with van der Waals surface area (Å²) in [4.78, 5) is 0. The van der Waals surface area contributed by atoms with Crippen molar-refractivity contribution >= 4 is 86.2 Å². The van der Waals surface area contributed by atoms with Crippen molar-refractivity contribution in [3.05, 3.63) is 146 Å². The molecule has 10 aromatic rings. The molecule has 0 radical (unpaired) electrons. The van der Waals surface area contributed by atoms with Crippen molar-refractivity contribution in [1.82, 2.24) is 0 Å². The molecule has 10 rings (SSSR count). The van der Waals surface area contributed by atoms with Crippen molar-refractivity contribution in [2.45, 2.75) is 0 Å². The molecule has 0 amide bonds. The second-order valence-corrected chi connectivity index (χ2v) is 11.6. The van der Waals surface area contributed by atoms with Crippen molar-refractivity contribution in [3.63, 3.8) is 0 Å². The van der Waals surface area contributed by atoms with E-state index >= 15 is 0 Å². The Morgan fingerprint density at radius 3 is 1.31 bits per heavy atom. The van der Waals surface area contributed by atoms with E-state index in [1.54, 1.807) is 0 Å². The number of rotatable bonds is 1. The topological polar surface area (TPSA) is 0 Å². The first kappa shape index (κ1) is 22.3. The van der Waals surface area contributed by atoms with Gasteiger partial charge in [-0.25, -0.2) is 0 Å². The average Bonchev–Trinajstić information content (AvgIpc) is 3.05. The SMILES string of the molecule is c1ccc2c(-c3c4ccccc4c4c5c3cccc5c3cccc5cc6ccccc6c4c53)c3ccccc3cc2c1. The summed E-state index contributed by atoms with van der Waals surface area (Å²) in [5, 5.41) is 21.1. The van der Waals surface area contributed by atoms with Crippen LogP contribution in [0.4, 0.5) is 0 Å². The van der Waals surface area contributed by atoms with Crippen LogP contribution in [0.25, 0.3) is 97.3 Å². The normalized spacial score (nSPS) is 12.3. The van der Waals surface area contributed by atoms with Crippen LogP contribution in [0.3, 0.4) is 0 Å². The van der Waals surface area contributed by atoms with Crippen LogP contribution < -0.4 is 0 Å². The maximum Gasteiger partial charge on any atom is -0.000741 e. The van der Waals surface area contributed by atoms with Crippen molar-refractivity contribution in [1.29, 1.82) is 0 Å². The van der Waals surface area contributed by atoms with Crippen LogP contribution in [0, 0.1) is 0 Å². The second kappa shape index (κ2) is 8.06. The Bertz CT molecular complexity index is 2670. The van der Waals surface area contributed by atoms with Gasteiger partial charge in [0.25, 0.3) is 0 Å². The highest BCUT2D eigenvalue weighted by atomic mass is 14.2. The van der Waals surface area contributed by atoms with Gasteiger partial charge in [0.05, 0.1) is 0 Å². The molecule has 0 N–H and O–H groups in total. The van der Waals surface area contributed by atoms with Crippen LogP contribution in [0.1, 0.15) is 0 Å². The minimum atomic E-state index is 1.27. The van der Waals surface area contributed by atoms with Crippen LogP contribution in [-0.2, 0) is 0 Å². The first-order chi connectivity index (χ1) is 20.9. The van der Waals surface area contributed by atoms with Crippen LogP contribution in [0.5, 0.6) is 0 Å². The molecule has 0 aliphatic rings. The van der Waals surface area contributed by atoms with Crippen molar-refractivity contribution in [3.8, 4) is 11.1 Å². The summed E-state index contributed by atoms with van der Waals surface area (Å²) in [6.45, 7) is 0. The summed E-state index contributed by atoms with van der Waals surface area (Å²) >= 11 is 0. The number of benzene rings is 10. The molecule has 0 spiro atoms. The predicted octanol–water partition coefficient (Wildman–Crippen LogP) is 12.0. The zero-order valence-electron chi connectivity index (χ0n) is 22.9. The summed E-state index contributed by atoms with van der Waals surface area (Å²) in [5.74, 6) is 0. The molecular weight excluding hydrogens is 504 g/mol. The van der Waals surface area contributed by atoms with E-state index in [4.69, 9.17) is 0 Å². The first-order valence-electron chi connectivity index (χ1n) is 14.7. The van der Waals surface area contributed by atoms with Gasteiger partial charge in [0.15, 0.2) is 0 Å². The maximum absolute atomic E-state index is 2.36. The van der Waals surface area contributed by atoms with E-state index in [0.29, 0.717) is 0 Å². The van der Waals surface area contributed by atoms with Gasteiger partial charge in [0.2, 0.25) is 0 Å². The highest BCUT2D eigenvalue weighted by Gasteiger charge is 2.22. The lowest BCUT2D eigenvalue weighted by Crippen LogP contribution is -1.94. The standard InChI is InChI=1S/C42H24/c1-4-15-29-25(11-1)23-26-12-2-5-16-30(26)38(29)39-33-18-7-8-19-35(33)42-40-34(21-10-22-36(39)40)32-20-9-14-28-24-27-13-3-6-17-31(27)41(42)37(28)32/h1-24H. The molecule has 0 aliphatic heterocycles. The third-order valence-corrected chi connectivity index (χ3v) is 9.50. The lowest BCUT2D eigenvalue weighted by Gasteiger charge is -2.22. The zero-order chi connectivity index (χ0) is 27.4. The van der Waals surface area contributed by atoms with Crippen LogP contribution in [-0.4, -0.2) is 0 Å². The zero-order valence-corrected chi connectivity index (χ0v) is 22.9. The largest absolute Gasteiger partial charge is 0.0616 e. The highest BCUT2D eigenvalue weighted by Crippen LogP contribution is 2.51. The van der Waals surface area contributed by atoms with Gasteiger partial charge < -0.3 is 0 Å². The fourth-order valence-corrected chi connectivity index (χ4v) is 7.87. The van der Waals surface area contributed by atoms with Gasteiger partial charge in [0, 0.05) is 0 Å². The lowest BCUT2D eigenvalue weighted by molar-refractivity contribution is 1.74. The molecule has 0 heterocycles. The first-order valence-corrected chi connectivity index (χ1v) is 14.7. The van der Waals surface area contributed by atoms with Crippen molar-refractivity contribution < 1.29 is 0 Å². The van der Waals surface area contributed by atoms with E-state index in [1.807, 2.05) is 0 Å². The van der Waals surface area contributed by atoms with Crippen molar-refractivity contribution in [2.24, 2.45) is 0 Å². The third-order valence-electron chi connectivity index (χ3n) is 9.50. The summed E-state index contributed by atoms with van der Waals surface area (Å²) in [5.41, 5.74) is 2.65. The fourth-order valence-electron chi connectivity index (χ4n) is 7.87. The molecule has 0 aliphatic carbocycles. The smallest absolute Gasteiger partial charge is 0.000741 e. The predicted molar refractivity (Wildman–Crippen MR) is 183 cm³/mol. The van der Waals surface area contributed by atoms with Gasteiger partial charge in [-0.05, 0) is 109 Å². The Morgan fingerprint density at radius 1 is 0.214 bits per heavy atom. The Morgan fingerprint density at radius 2 is 0.595 bits per heavy atom. The van der Waals surface area contributed by atoms with Gasteiger partial charge in [-0.15, -0.1) is 0 Å². The van der Waals surface area contributed by atoms with Crippen molar-refractivity contribution in [2.75, 3.05) is 0 Å². The van der Waals surface area contributed by atoms with Gasteiger partial charge in [-0.2, -0.15) is 0 Å². The number of fused-ring (bicyclic) bond motifs is 8. The molecule has 0 saturated heterocycles. The van der Waals surface area contributed by atoms with E-state index in [9.17, 15) is 0 Å². The molecule has 0 aromatic heterocycles. The Kier molecular flexibility index (Phi) is 4.27. The molecule has 0 atom stereocenters. The molecule has 0 saturated carbocycles. The quantitative estimate of drug-likeness (QED) is 0.147. The second-order valence-electron chi connectivity index (χ2n) is 11.6. The lowest BCUT2D eigenvalue weighted by atomic mass is 9.80. The van der Waals surface area contributed by atoms with E-state index in [0.717, 1.165) is 0 Å². The van der Waals surface area contributed by atoms with E-state index in [2.05, 4.69) is 146 Å². The summed E-state index contributed by atoms with van der Waals surface area (Å²) in [6, 6.07) is 54.2. The van der Waals surface area contributed by atoms with Crippen LogP contribution in [0.2, 0.25) is 0 Å². The third kappa shape index (κ3) is 2.77. The van der Waals surface area contributed by atoms with E-state index in [-0.39, 0.29) is 0 Å². The average molecular weight is 529 g/mol. The molecule has 10 aromatic carbocycles. The number of hydrogen-bond acceptors (Lipinski definition) is 0. The number of hydrogen-bond donors (Lipinski definition) is 0. The molecule has 42 heavy (non-hydrogen) atoms. The fraction of sp³-hybridized carbons (Fsp3) is 0. The molecule has 0 unspecified atom stereocenters. The van der Waals surface area contributed by atoms with Gasteiger partial charge in [-0.3, -0.25) is 0 Å². The molecule has 192 valence electrons. The molecule has 0 nitrogen and oxygen atoms in total. The minimum Gasteiger partial charge on any atom is -0.0616 e. The maximum atomic E-state index is 2.36. The molecule has 0 heteroatoms.